The van der Waals surface area contributed by atoms with Crippen LogP contribution in [-0.2, 0) is 10.0 Å². The molecule has 106 valence electrons. The van der Waals surface area contributed by atoms with Crippen LogP contribution in [0.5, 0.6) is 0 Å². The second-order valence-corrected chi connectivity index (χ2v) is 7.40. The van der Waals surface area contributed by atoms with E-state index in [-0.39, 0.29) is 22.3 Å². The van der Waals surface area contributed by atoms with Gasteiger partial charge in [-0.25, -0.2) is 23.1 Å². The van der Waals surface area contributed by atoms with Gasteiger partial charge in [0.25, 0.3) is 0 Å². The number of nitrogens with one attached hydrogen (secondary N) is 1. The summed E-state index contributed by atoms with van der Waals surface area (Å²) in [5.74, 6) is 0.0666. The Morgan fingerprint density at radius 2 is 1.95 bits per heavy atom. The zero-order valence-electron chi connectivity index (χ0n) is 11.3. The van der Waals surface area contributed by atoms with Crippen LogP contribution in [0.2, 0.25) is 0 Å². The van der Waals surface area contributed by atoms with E-state index in [0.717, 1.165) is 25.7 Å². The Morgan fingerprint density at radius 3 is 2.53 bits per heavy atom. The van der Waals surface area contributed by atoms with Crippen molar-refractivity contribution in [2.75, 3.05) is 5.73 Å². The molecular weight excluding hydrogens is 264 g/mol. The van der Waals surface area contributed by atoms with E-state index in [1.807, 2.05) is 0 Å². The van der Waals surface area contributed by atoms with Gasteiger partial charge in [0.05, 0.1) is 12.4 Å². The van der Waals surface area contributed by atoms with Gasteiger partial charge in [-0.3, -0.25) is 0 Å². The number of hydrogen-bond acceptors (Lipinski definition) is 5. The lowest BCUT2D eigenvalue weighted by Crippen LogP contribution is -2.46. The number of rotatable bonds is 3. The number of nitrogens with zero attached hydrogens (tertiary/aromatic N) is 2. The number of aromatic nitrogens is 2. The van der Waals surface area contributed by atoms with Crippen LogP contribution in [0.4, 0.5) is 5.95 Å². The standard InChI is InChI=1S/C12H20N4O2S/c1-12(2)6-4-3-5-10(12)16-19(17,18)9-7-14-11(13)15-8-9/h7-8,10,16H,3-6H2,1-2H3,(H2,13,14,15). The lowest BCUT2D eigenvalue weighted by atomic mass is 9.74. The van der Waals surface area contributed by atoms with Crippen molar-refractivity contribution in [3.63, 3.8) is 0 Å². The van der Waals surface area contributed by atoms with Crippen molar-refractivity contribution < 1.29 is 8.42 Å². The molecule has 3 N–H and O–H groups in total. The summed E-state index contributed by atoms with van der Waals surface area (Å²) in [5, 5.41) is 0. The van der Waals surface area contributed by atoms with Gasteiger partial charge in [-0.2, -0.15) is 0 Å². The molecule has 0 bridgehead atoms. The summed E-state index contributed by atoms with van der Waals surface area (Å²) in [6.45, 7) is 4.19. The Balaban J connectivity index is 2.19. The van der Waals surface area contributed by atoms with E-state index >= 15 is 0 Å². The van der Waals surface area contributed by atoms with Crippen molar-refractivity contribution in [3.05, 3.63) is 12.4 Å². The zero-order chi connectivity index (χ0) is 14.1. The summed E-state index contributed by atoms with van der Waals surface area (Å²) in [6, 6.07) is -0.0520. The average Bonchev–Trinajstić information content (AvgIpc) is 2.32. The summed E-state index contributed by atoms with van der Waals surface area (Å²) in [7, 11) is -3.58. The van der Waals surface area contributed by atoms with Gasteiger partial charge in [0.1, 0.15) is 4.90 Å². The van der Waals surface area contributed by atoms with Gasteiger partial charge in [0, 0.05) is 6.04 Å². The molecule has 0 spiro atoms. The van der Waals surface area contributed by atoms with Crippen LogP contribution in [0.1, 0.15) is 39.5 Å². The van der Waals surface area contributed by atoms with Crippen molar-refractivity contribution in [2.45, 2.75) is 50.5 Å². The van der Waals surface area contributed by atoms with Crippen molar-refractivity contribution in [1.82, 2.24) is 14.7 Å². The summed E-state index contributed by atoms with van der Waals surface area (Å²) in [5.41, 5.74) is 5.33. The molecule has 0 aliphatic heterocycles. The highest BCUT2D eigenvalue weighted by molar-refractivity contribution is 7.89. The second kappa shape index (κ2) is 5.05. The molecule has 19 heavy (non-hydrogen) atoms. The number of anilines is 1. The Bertz CT molecular complexity index is 539. The molecular formula is C12H20N4O2S. The zero-order valence-corrected chi connectivity index (χ0v) is 12.1. The topological polar surface area (TPSA) is 98.0 Å². The van der Waals surface area contributed by atoms with Crippen molar-refractivity contribution in [2.24, 2.45) is 5.41 Å². The number of sulfonamides is 1. The molecule has 0 amide bonds. The smallest absolute Gasteiger partial charge is 0.243 e. The molecule has 1 unspecified atom stereocenters. The molecule has 1 heterocycles. The minimum absolute atomic E-state index is 0.0278. The third-order valence-electron chi connectivity index (χ3n) is 3.76. The fraction of sp³-hybridized carbons (Fsp3) is 0.667. The van der Waals surface area contributed by atoms with E-state index in [2.05, 4.69) is 28.5 Å². The Morgan fingerprint density at radius 1 is 1.32 bits per heavy atom. The molecule has 1 saturated carbocycles. The average molecular weight is 284 g/mol. The van der Waals surface area contributed by atoms with E-state index < -0.39 is 10.0 Å². The van der Waals surface area contributed by atoms with Crippen LogP contribution in [-0.4, -0.2) is 24.4 Å². The first-order chi connectivity index (χ1) is 8.81. The maximum absolute atomic E-state index is 12.3. The summed E-state index contributed by atoms with van der Waals surface area (Å²) in [4.78, 5) is 7.50. The highest BCUT2D eigenvalue weighted by Crippen LogP contribution is 2.36. The molecule has 0 aromatic carbocycles. The van der Waals surface area contributed by atoms with Crippen molar-refractivity contribution in [1.29, 1.82) is 0 Å². The Hall–Kier alpha value is -1.21. The van der Waals surface area contributed by atoms with E-state index in [1.165, 1.54) is 12.4 Å². The first kappa shape index (κ1) is 14.2. The Labute approximate surface area is 113 Å². The molecule has 6 nitrogen and oxygen atoms in total. The fourth-order valence-electron chi connectivity index (χ4n) is 2.43. The molecule has 1 aliphatic rings. The number of nitrogens with two attached hydrogens (primary N) is 1. The molecule has 0 radical (unpaired) electrons. The van der Waals surface area contributed by atoms with Crippen molar-refractivity contribution >= 4 is 16.0 Å². The third-order valence-corrected chi connectivity index (χ3v) is 5.19. The van der Waals surface area contributed by atoms with Crippen LogP contribution in [0.3, 0.4) is 0 Å². The largest absolute Gasteiger partial charge is 0.368 e. The van der Waals surface area contributed by atoms with Gasteiger partial charge in [-0.15, -0.1) is 0 Å². The second-order valence-electron chi connectivity index (χ2n) is 5.69. The molecule has 1 fully saturated rings. The molecule has 0 saturated heterocycles. The van der Waals surface area contributed by atoms with E-state index in [0.29, 0.717) is 0 Å². The Kier molecular flexibility index (Phi) is 3.78. The fourth-order valence-corrected chi connectivity index (χ4v) is 3.76. The molecule has 1 aliphatic carbocycles. The molecule has 2 rings (SSSR count). The van der Waals surface area contributed by atoms with Gasteiger partial charge in [0.15, 0.2) is 0 Å². The first-order valence-corrected chi connectivity index (χ1v) is 7.89. The predicted molar refractivity (Wildman–Crippen MR) is 72.8 cm³/mol. The van der Waals surface area contributed by atoms with Crippen LogP contribution >= 0.6 is 0 Å². The highest BCUT2D eigenvalue weighted by atomic mass is 32.2. The van der Waals surface area contributed by atoms with Gasteiger partial charge < -0.3 is 5.73 Å². The predicted octanol–water partition coefficient (Wildman–Crippen LogP) is 1.31. The van der Waals surface area contributed by atoms with Crippen molar-refractivity contribution in [3.8, 4) is 0 Å². The first-order valence-electron chi connectivity index (χ1n) is 6.41. The van der Waals surface area contributed by atoms with Crippen LogP contribution in [0, 0.1) is 5.41 Å². The van der Waals surface area contributed by atoms with Crippen LogP contribution < -0.4 is 10.5 Å². The minimum atomic E-state index is -3.58. The monoisotopic (exact) mass is 284 g/mol. The minimum Gasteiger partial charge on any atom is -0.368 e. The lowest BCUT2D eigenvalue weighted by Gasteiger charge is -2.38. The quantitative estimate of drug-likeness (QED) is 0.872. The van der Waals surface area contributed by atoms with E-state index in [9.17, 15) is 8.42 Å². The summed E-state index contributed by atoms with van der Waals surface area (Å²) < 4.78 is 27.3. The lowest BCUT2D eigenvalue weighted by molar-refractivity contribution is 0.188. The summed E-state index contributed by atoms with van der Waals surface area (Å²) >= 11 is 0. The normalized spacial score (nSPS) is 23.2. The number of hydrogen-bond donors (Lipinski definition) is 2. The van der Waals surface area contributed by atoms with Crippen LogP contribution in [0.25, 0.3) is 0 Å². The van der Waals surface area contributed by atoms with Gasteiger partial charge in [-0.1, -0.05) is 26.7 Å². The molecule has 7 heteroatoms. The van der Waals surface area contributed by atoms with E-state index in [1.54, 1.807) is 0 Å². The summed E-state index contributed by atoms with van der Waals surface area (Å²) in [6.07, 6.45) is 6.56. The number of nitrogen functional groups attached to an aromatic ring is 1. The van der Waals surface area contributed by atoms with Crippen LogP contribution in [0.15, 0.2) is 17.3 Å². The van der Waals surface area contributed by atoms with E-state index in [4.69, 9.17) is 5.73 Å². The molecule has 1 aromatic heterocycles. The van der Waals surface area contributed by atoms with Gasteiger partial charge in [-0.05, 0) is 18.3 Å². The molecule has 1 aromatic rings. The maximum atomic E-state index is 12.3. The molecule has 1 atom stereocenters. The van der Waals surface area contributed by atoms with Gasteiger partial charge in [0.2, 0.25) is 16.0 Å². The third kappa shape index (κ3) is 3.22. The van der Waals surface area contributed by atoms with Gasteiger partial charge >= 0.3 is 0 Å². The SMILES string of the molecule is CC1(C)CCCCC1NS(=O)(=O)c1cnc(N)nc1. The highest BCUT2D eigenvalue weighted by Gasteiger charge is 2.35. The maximum Gasteiger partial charge on any atom is 0.243 e.